The third kappa shape index (κ3) is 64.0. The standard InChI is InChI=1S/C72H143NO5/c1-3-5-7-9-11-13-15-17-19-38-42-46-50-54-58-62-66-72(77)78-67-63-59-55-51-47-43-39-35-33-31-29-27-25-23-21-20-22-24-26-28-30-32-34-37-41-45-49-53-57-61-65-71(76)73-69(68-74)70(75)64-60-56-52-48-44-40-36-18-16-14-12-10-8-6-4-2/h69-70,74-75H,3-68H2,1-2H3,(H,73,76). The molecule has 0 aromatic heterocycles. The van der Waals surface area contributed by atoms with Crippen molar-refractivity contribution >= 4 is 11.9 Å². The van der Waals surface area contributed by atoms with E-state index in [-0.39, 0.29) is 18.5 Å². The zero-order valence-electron chi connectivity index (χ0n) is 53.4. The Hall–Kier alpha value is -1.14. The number of carbonyl (C=O) groups is 2. The van der Waals surface area contributed by atoms with Crippen molar-refractivity contribution in [2.24, 2.45) is 0 Å². The van der Waals surface area contributed by atoms with Gasteiger partial charge >= 0.3 is 5.97 Å². The Labute approximate surface area is 489 Å². The zero-order chi connectivity index (χ0) is 56.4. The van der Waals surface area contributed by atoms with E-state index in [1.54, 1.807) is 0 Å². The predicted molar refractivity (Wildman–Crippen MR) is 343 cm³/mol. The summed E-state index contributed by atoms with van der Waals surface area (Å²) in [6, 6.07) is -0.537. The molecule has 6 nitrogen and oxygen atoms in total. The topological polar surface area (TPSA) is 95.9 Å². The number of amides is 1. The van der Waals surface area contributed by atoms with Crippen molar-refractivity contribution in [3.63, 3.8) is 0 Å². The van der Waals surface area contributed by atoms with Crippen molar-refractivity contribution in [2.75, 3.05) is 13.2 Å². The first kappa shape index (κ1) is 76.9. The van der Waals surface area contributed by atoms with E-state index in [1.807, 2.05) is 0 Å². The number of aliphatic hydroxyl groups excluding tert-OH is 2. The van der Waals surface area contributed by atoms with Crippen LogP contribution in [0.3, 0.4) is 0 Å². The maximum absolute atomic E-state index is 12.5. The number of unbranched alkanes of at least 4 members (excludes halogenated alkanes) is 58. The van der Waals surface area contributed by atoms with E-state index < -0.39 is 12.1 Å². The van der Waals surface area contributed by atoms with Crippen LogP contribution in [0, 0.1) is 0 Å². The highest BCUT2D eigenvalue weighted by molar-refractivity contribution is 5.76. The Morgan fingerprint density at radius 3 is 0.782 bits per heavy atom. The van der Waals surface area contributed by atoms with Gasteiger partial charge in [-0.15, -0.1) is 0 Å². The van der Waals surface area contributed by atoms with E-state index in [2.05, 4.69) is 19.2 Å². The van der Waals surface area contributed by atoms with Crippen LogP contribution in [0.4, 0.5) is 0 Å². The molecule has 2 unspecified atom stereocenters. The lowest BCUT2D eigenvalue weighted by molar-refractivity contribution is -0.143. The highest BCUT2D eigenvalue weighted by Crippen LogP contribution is 2.20. The molecule has 0 aliphatic heterocycles. The second-order valence-corrected chi connectivity index (χ2v) is 25.3. The molecule has 1 amide bonds. The largest absolute Gasteiger partial charge is 0.466 e. The van der Waals surface area contributed by atoms with Gasteiger partial charge in [0.25, 0.3) is 0 Å². The number of hydrogen-bond donors (Lipinski definition) is 3. The molecule has 0 rings (SSSR count). The number of ether oxygens (including phenoxy) is 1. The van der Waals surface area contributed by atoms with Gasteiger partial charge in [0.15, 0.2) is 0 Å². The van der Waals surface area contributed by atoms with Crippen LogP contribution in [0.25, 0.3) is 0 Å². The molecule has 0 aromatic carbocycles. The zero-order valence-corrected chi connectivity index (χ0v) is 53.4. The molecule has 0 saturated heterocycles. The van der Waals surface area contributed by atoms with Crippen LogP contribution in [0.15, 0.2) is 0 Å². The Morgan fingerprint density at radius 2 is 0.526 bits per heavy atom. The monoisotopic (exact) mass is 1100 g/mol. The third-order valence-electron chi connectivity index (χ3n) is 17.4. The van der Waals surface area contributed by atoms with Gasteiger partial charge in [-0.2, -0.15) is 0 Å². The lowest BCUT2D eigenvalue weighted by atomic mass is 10.0. The minimum absolute atomic E-state index is 0.0248. The summed E-state index contributed by atoms with van der Waals surface area (Å²) >= 11 is 0. The summed E-state index contributed by atoms with van der Waals surface area (Å²) in [7, 11) is 0. The molecule has 0 aliphatic carbocycles. The fourth-order valence-electron chi connectivity index (χ4n) is 11.9. The van der Waals surface area contributed by atoms with E-state index >= 15 is 0 Å². The number of esters is 1. The van der Waals surface area contributed by atoms with E-state index in [4.69, 9.17) is 4.74 Å². The molecule has 6 heteroatoms. The summed E-state index contributed by atoms with van der Waals surface area (Å²) in [6.07, 6.45) is 83.1. The molecule has 3 N–H and O–H groups in total. The van der Waals surface area contributed by atoms with Gasteiger partial charge in [0.2, 0.25) is 5.91 Å². The van der Waals surface area contributed by atoms with Crippen molar-refractivity contribution in [1.29, 1.82) is 0 Å². The van der Waals surface area contributed by atoms with Gasteiger partial charge in [0.1, 0.15) is 0 Å². The molecule has 2 atom stereocenters. The average molecular weight is 1100 g/mol. The highest BCUT2D eigenvalue weighted by atomic mass is 16.5. The highest BCUT2D eigenvalue weighted by Gasteiger charge is 2.20. The van der Waals surface area contributed by atoms with Crippen LogP contribution >= 0.6 is 0 Å². The van der Waals surface area contributed by atoms with Crippen LogP contribution < -0.4 is 5.32 Å². The molecule has 0 aliphatic rings. The summed E-state index contributed by atoms with van der Waals surface area (Å²) in [5.41, 5.74) is 0. The van der Waals surface area contributed by atoms with Crippen LogP contribution in [-0.4, -0.2) is 47.4 Å². The van der Waals surface area contributed by atoms with Gasteiger partial charge < -0.3 is 20.3 Å². The predicted octanol–water partition coefficient (Wildman–Crippen LogP) is 23.4. The van der Waals surface area contributed by atoms with E-state index in [0.29, 0.717) is 25.9 Å². The minimum atomic E-state index is -0.660. The van der Waals surface area contributed by atoms with E-state index in [9.17, 15) is 19.8 Å². The minimum Gasteiger partial charge on any atom is -0.466 e. The second kappa shape index (κ2) is 68.4. The first-order valence-electron chi connectivity index (χ1n) is 36.3. The fraction of sp³-hybridized carbons (Fsp3) is 0.972. The molecule has 0 heterocycles. The molecular formula is C72H143NO5. The number of hydrogen-bond acceptors (Lipinski definition) is 5. The maximum atomic E-state index is 12.5. The first-order valence-corrected chi connectivity index (χ1v) is 36.3. The molecule has 0 radical (unpaired) electrons. The smallest absolute Gasteiger partial charge is 0.305 e. The molecule has 0 saturated carbocycles. The van der Waals surface area contributed by atoms with Crippen molar-refractivity contribution < 1.29 is 24.5 Å². The molecule has 466 valence electrons. The fourth-order valence-corrected chi connectivity index (χ4v) is 11.9. The summed E-state index contributed by atoms with van der Waals surface area (Å²) in [5.74, 6) is -0.00232. The normalized spacial score (nSPS) is 12.4. The van der Waals surface area contributed by atoms with Crippen LogP contribution in [0.5, 0.6) is 0 Å². The van der Waals surface area contributed by atoms with Crippen molar-refractivity contribution in [3.8, 4) is 0 Å². The van der Waals surface area contributed by atoms with E-state index in [1.165, 1.54) is 353 Å². The van der Waals surface area contributed by atoms with Gasteiger partial charge in [-0.25, -0.2) is 0 Å². The van der Waals surface area contributed by atoms with Crippen molar-refractivity contribution in [1.82, 2.24) is 5.32 Å². The van der Waals surface area contributed by atoms with Crippen LogP contribution in [-0.2, 0) is 14.3 Å². The lowest BCUT2D eigenvalue weighted by Crippen LogP contribution is -2.45. The third-order valence-corrected chi connectivity index (χ3v) is 17.4. The number of aliphatic hydroxyl groups is 2. The molecular weight excluding hydrogens is 959 g/mol. The average Bonchev–Trinajstić information content (AvgIpc) is 3.44. The van der Waals surface area contributed by atoms with Crippen molar-refractivity contribution in [3.05, 3.63) is 0 Å². The van der Waals surface area contributed by atoms with Crippen LogP contribution in [0.2, 0.25) is 0 Å². The Morgan fingerprint density at radius 1 is 0.308 bits per heavy atom. The van der Waals surface area contributed by atoms with Gasteiger partial charge in [0.05, 0.1) is 25.4 Å². The van der Waals surface area contributed by atoms with E-state index in [0.717, 1.165) is 38.5 Å². The molecule has 0 fully saturated rings. The summed E-state index contributed by atoms with van der Waals surface area (Å²) in [6.45, 7) is 5.01. The SMILES string of the molecule is CCCCCCCCCCCCCCCCCCC(=O)OCCCCCCCCCCCCCCCCCCCCCCCCCCCCCCCCC(=O)NC(CO)C(O)CCCCCCCCCCCCCCCCC. The quantitative estimate of drug-likeness (QED) is 0.0417. The van der Waals surface area contributed by atoms with Crippen LogP contribution in [0.1, 0.15) is 425 Å². The number of nitrogens with one attached hydrogen (secondary N) is 1. The van der Waals surface area contributed by atoms with Gasteiger partial charge in [-0.1, -0.05) is 386 Å². The number of carbonyl (C=O) groups excluding carboxylic acids is 2. The van der Waals surface area contributed by atoms with Gasteiger partial charge in [-0.3, -0.25) is 9.59 Å². The second-order valence-electron chi connectivity index (χ2n) is 25.3. The maximum Gasteiger partial charge on any atom is 0.305 e. The number of rotatable bonds is 69. The van der Waals surface area contributed by atoms with Crippen molar-refractivity contribution in [2.45, 2.75) is 437 Å². The summed E-state index contributed by atoms with van der Waals surface area (Å²) in [4.78, 5) is 24.6. The summed E-state index contributed by atoms with van der Waals surface area (Å²) in [5, 5.41) is 23.3. The first-order chi connectivity index (χ1) is 38.5. The molecule has 0 aromatic rings. The van der Waals surface area contributed by atoms with Gasteiger partial charge in [-0.05, 0) is 25.7 Å². The molecule has 0 spiro atoms. The Balaban J connectivity index is 3.30. The van der Waals surface area contributed by atoms with Gasteiger partial charge in [0, 0.05) is 12.8 Å². The molecule has 0 bridgehead atoms. The lowest BCUT2D eigenvalue weighted by Gasteiger charge is -2.22. The summed E-state index contributed by atoms with van der Waals surface area (Å²) < 4.78 is 5.51. The molecule has 78 heavy (non-hydrogen) atoms. The Bertz CT molecular complexity index is 1130. The Kier molecular flexibility index (Phi) is 67.4.